The minimum Gasteiger partial charge on any atom is -0.308 e. The summed E-state index contributed by atoms with van der Waals surface area (Å²) in [5, 5.41) is 3.22. The van der Waals surface area contributed by atoms with Crippen molar-refractivity contribution < 1.29 is 4.79 Å². The van der Waals surface area contributed by atoms with Gasteiger partial charge >= 0.3 is 0 Å². The van der Waals surface area contributed by atoms with E-state index in [4.69, 9.17) is 0 Å². The normalized spacial score (nSPS) is 26.9. The zero-order valence-electron chi connectivity index (χ0n) is 10.4. The lowest BCUT2D eigenvalue weighted by molar-refractivity contribution is -0.123. The van der Waals surface area contributed by atoms with Crippen LogP contribution in [0.1, 0.15) is 52.9 Å². The Hall–Kier alpha value is -0.370. The standard InChI is InChI=1S/C13H25NO/c1-4-11-5-7-12(8-6-11)13(15)9-14-10(2)3/h10-12,14H,4-9H2,1-3H3. The van der Waals surface area contributed by atoms with E-state index in [1.807, 2.05) is 0 Å². The zero-order chi connectivity index (χ0) is 11.3. The van der Waals surface area contributed by atoms with Gasteiger partial charge in [0.1, 0.15) is 5.78 Å². The molecule has 1 rings (SSSR count). The Morgan fingerprint density at radius 2 is 1.87 bits per heavy atom. The monoisotopic (exact) mass is 211 g/mol. The van der Waals surface area contributed by atoms with Crippen molar-refractivity contribution >= 4 is 5.78 Å². The molecule has 1 saturated carbocycles. The van der Waals surface area contributed by atoms with Crippen molar-refractivity contribution in [3.05, 3.63) is 0 Å². The third-order valence-corrected chi connectivity index (χ3v) is 3.56. The molecule has 15 heavy (non-hydrogen) atoms. The molecule has 0 saturated heterocycles. The van der Waals surface area contributed by atoms with Crippen molar-refractivity contribution in [3.63, 3.8) is 0 Å². The minimum atomic E-state index is 0.346. The highest BCUT2D eigenvalue weighted by Crippen LogP contribution is 2.30. The lowest BCUT2D eigenvalue weighted by atomic mass is 9.79. The maximum Gasteiger partial charge on any atom is 0.149 e. The molecule has 88 valence electrons. The Labute approximate surface area is 93.8 Å². The molecule has 1 aliphatic rings. The van der Waals surface area contributed by atoms with Crippen molar-refractivity contribution in [2.45, 2.75) is 58.9 Å². The smallest absolute Gasteiger partial charge is 0.149 e. The number of Topliss-reactive ketones (excluding diaryl/α,β-unsaturated/α-hetero) is 1. The molecular formula is C13H25NO. The van der Waals surface area contributed by atoms with Crippen LogP contribution in [-0.4, -0.2) is 18.4 Å². The summed E-state index contributed by atoms with van der Waals surface area (Å²) in [7, 11) is 0. The number of ketones is 1. The van der Waals surface area contributed by atoms with Gasteiger partial charge in [0.2, 0.25) is 0 Å². The van der Waals surface area contributed by atoms with E-state index in [-0.39, 0.29) is 0 Å². The molecule has 0 aromatic heterocycles. The molecule has 0 aliphatic heterocycles. The van der Waals surface area contributed by atoms with Gasteiger partial charge in [0.25, 0.3) is 0 Å². The van der Waals surface area contributed by atoms with Crippen LogP contribution in [0, 0.1) is 11.8 Å². The minimum absolute atomic E-state index is 0.346. The lowest BCUT2D eigenvalue weighted by Crippen LogP contribution is -2.34. The average molecular weight is 211 g/mol. The van der Waals surface area contributed by atoms with Crippen LogP contribution in [0.3, 0.4) is 0 Å². The summed E-state index contributed by atoms with van der Waals surface area (Å²) in [5.41, 5.74) is 0. The Bertz CT molecular complexity index is 193. The third kappa shape index (κ3) is 4.33. The topological polar surface area (TPSA) is 29.1 Å². The molecule has 1 aliphatic carbocycles. The second-order valence-electron chi connectivity index (χ2n) is 5.13. The predicted molar refractivity (Wildman–Crippen MR) is 63.9 cm³/mol. The molecule has 1 fully saturated rings. The molecule has 1 N–H and O–H groups in total. The summed E-state index contributed by atoms with van der Waals surface area (Å²) in [6.45, 7) is 6.99. The van der Waals surface area contributed by atoms with Gasteiger partial charge in [0, 0.05) is 12.0 Å². The summed E-state index contributed by atoms with van der Waals surface area (Å²) < 4.78 is 0. The maximum absolute atomic E-state index is 11.8. The molecule has 0 aromatic carbocycles. The SMILES string of the molecule is CCC1CCC(C(=O)CNC(C)C)CC1. The zero-order valence-corrected chi connectivity index (χ0v) is 10.4. The first-order chi connectivity index (χ1) is 7.13. The van der Waals surface area contributed by atoms with Gasteiger partial charge in [-0.3, -0.25) is 4.79 Å². The molecule has 0 spiro atoms. The van der Waals surface area contributed by atoms with E-state index in [0.717, 1.165) is 18.8 Å². The van der Waals surface area contributed by atoms with Crippen LogP contribution in [0.15, 0.2) is 0 Å². The summed E-state index contributed by atoms with van der Waals surface area (Å²) in [6.07, 6.45) is 6.04. The van der Waals surface area contributed by atoms with Gasteiger partial charge in [-0.1, -0.05) is 27.2 Å². The van der Waals surface area contributed by atoms with Crippen LogP contribution >= 0.6 is 0 Å². The van der Waals surface area contributed by atoms with Crippen LogP contribution in [0.2, 0.25) is 0 Å². The molecule has 0 amide bonds. The van der Waals surface area contributed by atoms with Crippen molar-refractivity contribution in [2.24, 2.45) is 11.8 Å². The second-order valence-corrected chi connectivity index (χ2v) is 5.13. The first kappa shape index (κ1) is 12.7. The highest BCUT2D eigenvalue weighted by Gasteiger charge is 2.24. The third-order valence-electron chi connectivity index (χ3n) is 3.56. The molecule has 0 bridgehead atoms. The van der Waals surface area contributed by atoms with Gasteiger partial charge in [-0.15, -0.1) is 0 Å². The molecule has 0 unspecified atom stereocenters. The molecular weight excluding hydrogens is 186 g/mol. The fraction of sp³-hybridized carbons (Fsp3) is 0.923. The first-order valence-electron chi connectivity index (χ1n) is 6.39. The van der Waals surface area contributed by atoms with Crippen molar-refractivity contribution in [3.8, 4) is 0 Å². The highest BCUT2D eigenvalue weighted by molar-refractivity contribution is 5.83. The van der Waals surface area contributed by atoms with Crippen LogP contribution in [0.25, 0.3) is 0 Å². The van der Waals surface area contributed by atoms with E-state index in [9.17, 15) is 4.79 Å². The molecule has 0 aromatic rings. The maximum atomic E-state index is 11.8. The fourth-order valence-corrected chi connectivity index (χ4v) is 2.34. The number of carbonyl (C=O) groups excluding carboxylic acids is 1. The van der Waals surface area contributed by atoms with Gasteiger partial charge in [-0.05, 0) is 31.6 Å². The largest absolute Gasteiger partial charge is 0.308 e. The number of carbonyl (C=O) groups is 1. The Morgan fingerprint density at radius 1 is 1.27 bits per heavy atom. The van der Waals surface area contributed by atoms with Gasteiger partial charge in [0.05, 0.1) is 6.54 Å². The molecule has 0 radical (unpaired) electrons. The highest BCUT2D eigenvalue weighted by atomic mass is 16.1. The number of hydrogen-bond acceptors (Lipinski definition) is 2. The lowest BCUT2D eigenvalue weighted by Gasteiger charge is -2.27. The van der Waals surface area contributed by atoms with E-state index >= 15 is 0 Å². The summed E-state index contributed by atoms with van der Waals surface area (Å²) in [6, 6.07) is 0.418. The quantitative estimate of drug-likeness (QED) is 0.757. The Balaban J connectivity index is 2.24. The summed E-state index contributed by atoms with van der Waals surface area (Å²) in [4.78, 5) is 11.8. The summed E-state index contributed by atoms with van der Waals surface area (Å²) >= 11 is 0. The molecule has 2 heteroatoms. The van der Waals surface area contributed by atoms with Crippen LogP contribution in [0.5, 0.6) is 0 Å². The molecule has 2 nitrogen and oxygen atoms in total. The molecule has 0 heterocycles. The van der Waals surface area contributed by atoms with Crippen LogP contribution < -0.4 is 5.32 Å². The summed E-state index contributed by atoms with van der Waals surface area (Å²) in [5.74, 6) is 1.66. The molecule has 0 atom stereocenters. The van der Waals surface area contributed by atoms with Gasteiger partial charge < -0.3 is 5.32 Å². The van der Waals surface area contributed by atoms with Crippen molar-refractivity contribution in [1.29, 1.82) is 0 Å². The van der Waals surface area contributed by atoms with Crippen molar-refractivity contribution in [1.82, 2.24) is 5.32 Å². The second kappa shape index (κ2) is 6.26. The van der Waals surface area contributed by atoms with Gasteiger partial charge in [-0.25, -0.2) is 0 Å². The van der Waals surface area contributed by atoms with Gasteiger partial charge in [0.15, 0.2) is 0 Å². The predicted octanol–water partition coefficient (Wildman–Crippen LogP) is 2.77. The number of rotatable bonds is 5. The number of nitrogens with one attached hydrogen (secondary N) is 1. The van der Waals surface area contributed by atoms with Gasteiger partial charge in [-0.2, -0.15) is 0 Å². The van der Waals surface area contributed by atoms with Crippen LogP contribution in [-0.2, 0) is 4.79 Å². The van der Waals surface area contributed by atoms with E-state index in [1.165, 1.54) is 19.3 Å². The Kier molecular flexibility index (Phi) is 5.30. The van der Waals surface area contributed by atoms with Crippen molar-refractivity contribution in [2.75, 3.05) is 6.54 Å². The Morgan fingerprint density at radius 3 is 2.33 bits per heavy atom. The fourth-order valence-electron chi connectivity index (χ4n) is 2.34. The van der Waals surface area contributed by atoms with E-state index in [0.29, 0.717) is 24.3 Å². The average Bonchev–Trinajstić information content (AvgIpc) is 2.26. The first-order valence-corrected chi connectivity index (χ1v) is 6.39. The van der Waals surface area contributed by atoms with E-state index in [1.54, 1.807) is 0 Å². The van der Waals surface area contributed by atoms with E-state index < -0.39 is 0 Å². The van der Waals surface area contributed by atoms with E-state index in [2.05, 4.69) is 26.1 Å². The number of hydrogen-bond donors (Lipinski definition) is 1. The van der Waals surface area contributed by atoms with Crippen LogP contribution in [0.4, 0.5) is 0 Å².